The van der Waals surface area contributed by atoms with Gasteiger partial charge in [0.15, 0.2) is 5.96 Å². The van der Waals surface area contributed by atoms with E-state index < -0.39 is 0 Å². The minimum atomic E-state index is 0.329. The third kappa shape index (κ3) is 5.13. The lowest BCUT2D eigenvalue weighted by Gasteiger charge is -2.27. The smallest absolute Gasteiger partial charge is 0.191 e. The maximum atomic E-state index is 5.28. The van der Waals surface area contributed by atoms with Crippen molar-refractivity contribution in [1.82, 2.24) is 15.5 Å². The fourth-order valence-corrected chi connectivity index (χ4v) is 3.00. The molecule has 0 aliphatic carbocycles. The molecule has 2 N–H and O–H groups in total. The fraction of sp³-hybridized carbons (Fsp3) is 0.611. The lowest BCUT2D eigenvalue weighted by atomic mass is 10.1. The van der Waals surface area contributed by atoms with Gasteiger partial charge in [0.05, 0.1) is 19.7 Å². The number of methoxy groups -OCH3 is 1. The number of guanidine groups is 1. The topological polar surface area (TPSA) is 48.9 Å². The van der Waals surface area contributed by atoms with Gasteiger partial charge in [0.1, 0.15) is 5.75 Å². The van der Waals surface area contributed by atoms with E-state index in [0.29, 0.717) is 6.04 Å². The third-order valence-electron chi connectivity index (χ3n) is 4.19. The number of benzene rings is 1. The molecule has 1 aliphatic heterocycles. The van der Waals surface area contributed by atoms with Gasteiger partial charge in [-0.3, -0.25) is 9.89 Å². The Bertz CT molecular complexity index is 472. The maximum Gasteiger partial charge on any atom is 0.191 e. The molecular formula is C18H30N4O. The Morgan fingerprint density at radius 3 is 2.26 bits per heavy atom. The van der Waals surface area contributed by atoms with Crippen molar-refractivity contribution < 1.29 is 4.74 Å². The lowest BCUT2D eigenvalue weighted by Crippen LogP contribution is -2.38. The summed E-state index contributed by atoms with van der Waals surface area (Å²) in [5.74, 6) is 1.80. The molecule has 5 heteroatoms. The Hall–Kier alpha value is -1.75. The normalized spacial score (nSPS) is 16.0. The van der Waals surface area contributed by atoms with Crippen LogP contribution in [0.3, 0.4) is 0 Å². The number of rotatable bonds is 7. The van der Waals surface area contributed by atoms with E-state index in [1.165, 1.54) is 18.4 Å². The molecular weight excluding hydrogens is 288 g/mol. The summed E-state index contributed by atoms with van der Waals surface area (Å²) in [6.45, 7) is 9.02. The van der Waals surface area contributed by atoms with Gasteiger partial charge < -0.3 is 15.4 Å². The second-order valence-corrected chi connectivity index (χ2v) is 5.78. The van der Waals surface area contributed by atoms with E-state index in [2.05, 4.69) is 41.5 Å². The summed E-state index contributed by atoms with van der Waals surface area (Å²) < 4.78 is 5.28. The number of likely N-dealkylation sites (tertiary alicyclic amines) is 1. The summed E-state index contributed by atoms with van der Waals surface area (Å²) in [5, 5.41) is 6.60. The molecule has 0 spiro atoms. The van der Waals surface area contributed by atoms with Crippen LogP contribution < -0.4 is 15.4 Å². The second kappa shape index (κ2) is 9.40. The van der Waals surface area contributed by atoms with E-state index in [9.17, 15) is 0 Å². The van der Waals surface area contributed by atoms with E-state index in [1.807, 2.05) is 12.1 Å². The van der Waals surface area contributed by atoms with Gasteiger partial charge in [-0.1, -0.05) is 12.1 Å². The predicted molar refractivity (Wildman–Crippen MR) is 96.2 cm³/mol. The summed E-state index contributed by atoms with van der Waals surface area (Å²) in [6.07, 6.45) is 2.56. The highest BCUT2D eigenvalue weighted by atomic mass is 16.5. The highest BCUT2D eigenvalue weighted by molar-refractivity contribution is 5.79. The molecule has 1 heterocycles. The molecule has 0 radical (unpaired) electrons. The van der Waals surface area contributed by atoms with E-state index in [-0.39, 0.29) is 0 Å². The van der Waals surface area contributed by atoms with Crippen molar-refractivity contribution in [3.8, 4) is 5.75 Å². The van der Waals surface area contributed by atoms with Gasteiger partial charge in [0.25, 0.3) is 0 Å². The molecule has 0 bridgehead atoms. The lowest BCUT2D eigenvalue weighted by molar-refractivity contribution is 0.251. The Morgan fingerprint density at radius 1 is 1.13 bits per heavy atom. The van der Waals surface area contributed by atoms with Gasteiger partial charge in [-0.15, -0.1) is 0 Å². The monoisotopic (exact) mass is 318 g/mol. The van der Waals surface area contributed by atoms with Gasteiger partial charge >= 0.3 is 0 Å². The molecule has 23 heavy (non-hydrogen) atoms. The number of nitrogens with one attached hydrogen (secondary N) is 2. The predicted octanol–water partition coefficient (Wildman–Crippen LogP) is 2.41. The summed E-state index contributed by atoms with van der Waals surface area (Å²) in [7, 11) is 1.70. The first-order valence-corrected chi connectivity index (χ1v) is 8.68. The van der Waals surface area contributed by atoms with Gasteiger partial charge in [0, 0.05) is 13.1 Å². The van der Waals surface area contributed by atoms with Gasteiger partial charge in [0.2, 0.25) is 0 Å². The van der Waals surface area contributed by atoms with Crippen molar-refractivity contribution in [2.24, 2.45) is 4.99 Å². The average Bonchev–Trinajstić information content (AvgIpc) is 3.10. The number of ether oxygens (including phenoxy) is 1. The molecule has 1 aromatic rings. The first-order chi connectivity index (χ1) is 11.3. The molecule has 0 aromatic heterocycles. The molecule has 1 aliphatic rings. The summed E-state index contributed by atoms with van der Waals surface area (Å²) in [5.41, 5.74) is 1.31. The van der Waals surface area contributed by atoms with Gasteiger partial charge in [-0.2, -0.15) is 0 Å². The summed E-state index contributed by atoms with van der Waals surface area (Å²) in [4.78, 5) is 7.33. The highest BCUT2D eigenvalue weighted by Crippen LogP contribution is 2.27. The van der Waals surface area contributed by atoms with Crippen molar-refractivity contribution in [3.05, 3.63) is 29.8 Å². The first-order valence-electron chi connectivity index (χ1n) is 8.68. The van der Waals surface area contributed by atoms with Crippen LogP contribution in [0.1, 0.15) is 38.3 Å². The SMILES string of the molecule is CCNC(=NCC(c1ccc(OC)cc1)N1CCCC1)NCC. The minimum Gasteiger partial charge on any atom is -0.497 e. The highest BCUT2D eigenvalue weighted by Gasteiger charge is 2.23. The van der Waals surface area contributed by atoms with Gasteiger partial charge in [-0.25, -0.2) is 0 Å². The van der Waals surface area contributed by atoms with Crippen LogP contribution in [0.15, 0.2) is 29.3 Å². The molecule has 1 atom stereocenters. The standard InChI is InChI=1S/C18H30N4O/c1-4-19-18(20-5-2)21-14-17(22-12-6-7-13-22)15-8-10-16(23-3)11-9-15/h8-11,17H,4-7,12-14H2,1-3H3,(H2,19,20,21). The van der Waals surface area contributed by atoms with E-state index >= 15 is 0 Å². The molecule has 1 unspecified atom stereocenters. The number of aliphatic imine (C=N–C) groups is 1. The zero-order valence-corrected chi connectivity index (χ0v) is 14.6. The van der Waals surface area contributed by atoms with E-state index in [0.717, 1.165) is 44.4 Å². The molecule has 1 saturated heterocycles. The van der Waals surface area contributed by atoms with Crippen LogP contribution in [0, 0.1) is 0 Å². The van der Waals surface area contributed by atoms with Crippen LogP contribution in [0.2, 0.25) is 0 Å². The van der Waals surface area contributed by atoms with Crippen LogP contribution >= 0.6 is 0 Å². The van der Waals surface area contributed by atoms with Crippen LogP contribution in [0.25, 0.3) is 0 Å². The summed E-state index contributed by atoms with van der Waals surface area (Å²) >= 11 is 0. The van der Waals surface area contributed by atoms with Crippen molar-refractivity contribution in [2.75, 3.05) is 39.8 Å². The molecule has 0 amide bonds. The van der Waals surface area contributed by atoms with Crippen LogP contribution in [0.5, 0.6) is 5.75 Å². The van der Waals surface area contributed by atoms with Crippen LogP contribution in [-0.4, -0.2) is 50.7 Å². The second-order valence-electron chi connectivity index (χ2n) is 5.78. The van der Waals surface area contributed by atoms with Gasteiger partial charge in [-0.05, 0) is 57.5 Å². The molecule has 5 nitrogen and oxygen atoms in total. The molecule has 1 fully saturated rings. The zero-order chi connectivity index (χ0) is 16.5. The fourth-order valence-electron chi connectivity index (χ4n) is 3.00. The van der Waals surface area contributed by atoms with Crippen molar-refractivity contribution in [3.63, 3.8) is 0 Å². The average molecular weight is 318 g/mol. The largest absolute Gasteiger partial charge is 0.497 e. The number of hydrogen-bond acceptors (Lipinski definition) is 3. The first kappa shape index (κ1) is 17.6. The summed E-state index contributed by atoms with van der Waals surface area (Å²) in [6, 6.07) is 8.74. The Balaban J connectivity index is 2.14. The Kier molecular flexibility index (Phi) is 7.20. The Labute approximate surface area is 140 Å². The van der Waals surface area contributed by atoms with E-state index in [4.69, 9.17) is 9.73 Å². The quantitative estimate of drug-likeness (QED) is 0.599. The maximum absolute atomic E-state index is 5.28. The zero-order valence-electron chi connectivity index (χ0n) is 14.6. The molecule has 2 rings (SSSR count). The Morgan fingerprint density at radius 2 is 1.74 bits per heavy atom. The minimum absolute atomic E-state index is 0.329. The number of hydrogen-bond donors (Lipinski definition) is 2. The van der Waals surface area contributed by atoms with Crippen molar-refractivity contribution in [2.45, 2.75) is 32.7 Å². The molecule has 0 saturated carbocycles. The molecule has 1 aromatic carbocycles. The third-order valence-corrected chi connectivity index (χ3v) is 4.19. The number of nitrogens with zero attached hydrogens (tertiary/aromatic N) is 2. The molecule has 128 valence electrons. The van der Waals surface area contributed by atoms with Crippen molar-refractivity contribution >= 4 is 5.96 Å². The van der Waals surface area contributed by atoms with Crippen molar-refractivity contribution in [1.29, 1.82) is 0 Å². The van der Waals surface area contributed by atoms with Crippen LogP contribution in [0.4, 0.5) is 0 Å². The van der Waals surface area contributed by atoms with E-state index in [1.54, 1.807) is 7.11 Å². The van der Waals surface area contributed by atoms with Crippen LogP contribution in [-0.2, 0) is 0 Å².